The van der Waals surface area contributed by atoms with Crippen molar-refractivity contribution in [2.75, 3.05) is 24.2 Å². The minimum atomic E-state index is -0.462. The number of rotatable bonds is 11. The Kier molecular flexibility index (Phi) is 7.98. The van der Waals surface area contributed by atoms with Crippen molar-refractivity contribution in [3.63, 3.8) is 0 Å². The van der Waals surface area contributed by atoms with Gasteiger partial charge in [-0.3, -0.25) is 14.9 Å². The molecule has 0 aliphatic rings. The number of nitrogens with one attached hydrogen (secondary N) is 2. The quantitative estimate of drug-likeness (QED) is 0.194. The lowest BCUT2D eigenvalue weighted by Crippen LogP contribution is -2.28. The molecule has 170 valence electrons. The second-order valence-electron chi connectivity index (χ2n) is 7.62. The van der Waals surface area contributed by atoms with Gasteiger partial charge in [-0.1, -0.05) is 44.7 Å². The molecule has 0 radical (unpaired) electrons. The summed E-state index contributed by atoms with van der Waals surface area (Å²) in [5.74, 6) is 1.95. The molecule has 0 unspecified atom stereocenters. The molecular formula is C21H27N7O3S. The zero-order valence-corrected chi connectivity index (χ0v) is 19.2. The molecule has 0 bridgehead atoms. The lowest BCUT2D eigenvalue weighted by Gasteiger charge is -2.11. The fourth-order valence-electron chi connectivity index (χ4n) is 3.01. The van der Waals surface area contributed by atoms with Crippen LogP contribution in [0, 0.1) is 16.0 Å². The van der Waals surface area contributed by atoms with Crippen molar-refractivity contribution in [2.24, 2.45) is 5.92 Å². The van der Waals surface area contributed by atoms with Crippen LogP contribution in [0.5, 0.6) is 0 Å². The van der Waals surface area contributed by atoms with Crippen LogP contribution in [0.4, 0.5) is 11.5 Å². The van der Waals surface area contributed by atoms with Gasteiger partial charge in [-0.25, -0.2) is 14.6 Å². The lowest BCUT2D eigenvalue weighted by molar-refractivity contribution is -0.384. The summed E-state index contributed by atoms with van der Waals surface area (Å²) in [5, 5.41) is 23.0. The first kappa shape index (κ1) is 23.5. The van der Waals surface area contributed by atoms with E-state index in [9.17, 15) is 14.9 Å². The minimum Gasteiger partial charge on any atom is -0.369 e. The van der Waals surface area contributed by atoms with E-state index < -0.39 is 4.92 Å². The van der Waals surface area contributed by atoms with Gasteiger partial charge in [0.25, 0.3) is 5.69 Å². The van der Waals surface area contributed by atoms with Crippen molar-refractivity contribution in [3.8, 4) is 0 Å². The predicted molar refractivity (Wildman–Crippen MR) is 125 cm³/mol. The fourth-order valence-corrected chi connectivity index (χ4v) is 3.58. The summed E-state index contributed by atoms with van der Waals surface area (Å²) in [5.41, 5.74) is 1.45. The molecule has 0 saturated carbocycles. The van der Waals surface area contributed by atoms with Crippen LogP contribution < -0.4 is 10.6 Å². The van der Waals surface area contributed by atoms with Gasteiger partial charge in [0, 0.05) is 25.2 Å². The molecule has 3 rings (SSSR count). The maximum Gasteiger partial charge on any atom is 0.269 e. The van der Waals surface area contributed by atoms with Crippen molar-refractivity contribution in [2.45, 2.75) is 38.9 Å². The van der Waals surface area contributed by atoms with E-state index in [0.29, 0.717) is 29.7 Å². The van der Waals surface area contributed by atoms with Crippen LogP contribution in [0.15, 0.2) is 35.6 Å². The third kappa shape index (κ3) is 6.16. The average molecular weight is 458 g/mol. The Balaban J connectivity index is 1.63. The fraction of sp³-hybridized carbons (Fsp3) is 0.429. The number of non-ortho nitro benzene ring substituents is 1. The topological polar surface area (TPSA) is 128 Å². The molecule has 2 heterocycles. The number of carbonyl (C=O) groups excluding carboxylic acids is 1. The molecule has 0 aliphatic carbocycles. The van der Waals surface area contributed by atoms with E-state index in [0.717, 1.165) is 29.1 Å². The molecule has 32 heavy (non-hydrogen) atoms. The normalized spacial score (nSPS) is 11.1. The number of benzene rings is 1. The van der Waals surface area contributed by atoms with Crippen LogP contribution in [0.1, 0.15) is 26.3 Å². The zero-order valence-electron chi connectivity index (χ0n) is 18.4. The van der Waals surface area contributed by atoms with Crippen molar-refractivity contribution >= 4 is 40.2 Å². The first-order chi connectivity index (χ1) is 15.4. The molecule has 0 spiro atoms. The van der Waals surface area contributed by atoms with E-state index in [-0.39, 0.29) is 18.0 Å². The minimum absolute atomic E-state index is 0.00423. The molecule has 1 aromatic carbocycles. The molecule has 3 aromatic rings. The maximum absolute atomic E-state index is 12.3. The Labute approximate surface area is 190 Å². The highest BCUT2D eigenvalue weighted by atomic mass is 32.2. The average Bonchev–Trinajstić information content (AvgIpc) is 3.15. The van der Waals surface area contributed by atoms with Gasteiger partial charge in [-0.2, -0.15) is 5.10 Å². The maximum atomic E-state index is 12.3. The number of thioether (sulfide) groups is 1. The van der Waals surface area contributed by atoms with E-state index in [1.165, 1.54) is 12.1 Å². The van der Waals surface area contributed by atoms with Gasteiger partial charge >= 0.3 is 0 Å². The molecule has 2 aromatic heterocycles. The molecule has 0 fully saturated rings. The van der Waals surface area contributed by atoms with Crippen molar-refractivity contribution < 1.29 is 9.72 Å². The molecule has 1 amide bonds. The number of carbonyl (C=O) groups is 1. The van der Waals surface area contributed by atoms with Crippen molar-refractivity contribution in [1.82, 2.24) is 25.1 Å². The second kappa shape index (κ2) is 10.9. The van der Waals surface area contributed by atoms with Gasteiger partial charge in [0.05, 0.1) is 29.5 Å². The van der Waals surface area contributed by atoms with Gasteiger partial charge in [0.1, 0.15) is 5.82 Å². The summed E-state index contributed by atoms with van der Waals surface area (Å²) in [4.78, 5) is 31.8. The third-order valence-electron chi connectivity index (χ3n) is 4.58. The van der Waals surface area contributed by atoms with Gasteiger partial charge in [-0.15, -0.1) is 0 Å². The van der Waals surface area contributed by atoms with E-state index in [1.807, 2.05) is 0 Å². The van der Waals surface area contributed by atoms with Crippen LogP contribution in [-0.4, -0.2) is 49.4 Å². The Hall–Kier alpha value is -3.21. The highest BCUT2D eigenvalue weighted by molar-refractivity contribution is 7.99. The SMILES string of the molecule is CCSc1nc(NCC(C)C)c2cnn(CCNC(=O)Cc3ccc([N+](=O)[O-])cc3)c2n1. The summed E-state index contributed by atoms with van der Waals surface area (Å²) in [7, 11) is 0. The second-order valence-corrected chi connectivity index (χ2v) is 8.85. The number of anilines is 1. The van der Waals surface area contributed by atoms with Gasteiger partial charge < -0.3 is 10.6 Å². The summed E-state index contributed by atoms with van der Waals surface area (Å²) >= 11 is 1.57. The number of nitro groups is 1. The van der Waals surface area contributed by atoms with E-state index in [1.54, 1.807) is 34.8 Å². The molecule has 2 N–H and O–H groups in total. The van der Waals surface area contributed by atoms with Crippen LogP contribution in [-0.2, 0) is 17.8 Å². The van der Waals surface area contributed by atoms with Crippen LogP contribution in [0.3, 0.4) is 0 Å². The number of hydrogen-bond donors (Lipinski definition) is 2. The monoisotopic (exact) mass is 457 g/mol. The van der Waals surface area contributed by atoms with Gasteiger partial charge in [-0.05, 0) is 17.2 Å². The largest absolute Gasteiger partial charge is 0.369 e. The van der Waals surface area contributed by atoms with E-state index >= 15 is 0 Å². The Bertz CT molecular complexity index is 1080. The van der Waals surface area contributed by atoms with E-state index in [2.05, 4.69) is 46.5 Å². The predicted octanol–water partition coefficient (Wildman–Crippen LogP) is 3.27. The first-order valence-corrected chi connectivity index (χ1v) is 11.5. The summed E-state index contributed by atoms with van der Waals surface area (Å²) < 4.78 is 1.77. The van der Waals surface area contributed by atoms with Crippen molar-refractivity contribution in [3.05, 3.63) is 46.1 Å². The highest BCUT2D eigenvalue weighted by Gasteiger charge is 2.14. The number of fused-ring (bicyclic) bond motifs is 1. The molecule has 0 atom stereocenters. The third-order valence-corrected chi connectivity index (χ3v) is 5.31. The van der Waals surface area contributed by atoms with Gasteiger partial charge in [0.15, 0.2) is 10.8 Å². The Morgan fingerprint density at radius 3 is 2.66 bits per heavy atom. The van der Waals surface area contributed by atoms with Crippen LogP contribution in [0.2, 0.25) is 0 Å². The summed E-state index contributed by atoms with van der Waals surface area (Å²) in [6.07, 6.45) is 1.90. The summed E-state index contributed by atoms with van der Waals surface area (Å²) in [6.45, 7) is 7.97. The lowest BCUT2D eigenvalue weighted by atomic mass is 10.1. The number of hydrogen-bond acceptors (Lipinski definition) is 8. The molecule has 10 nitrogen and oxygen atoms in total. The molecule has 0 saturated heterocycles. The van der Waals surface area contributed by atoms with Crippen LogP contribution >= 0.6 is 11.8 Å². The molecule has 11 heteroatoms. The van der Waals surface area contributed by atoms with E-state index in [4.69, 9.17) is 0 Å². The Morgan fingerprint density at radius 1 is 1.25 bits per heavy atom. The standard InChI is InChI=1S/C21H27N7O3S/c1-4-32-21-25-19(23-12-14(2)3)17-13-24-27(20(17)26-21)10-9-22-18(29)11-15-5-7-16(8-6-15)28(30)31/h5-8,13-14H,4,9-12H2,1-3H3,(H,22,29)(H,23,25,26). The number of nitrogens with zero attached hydrogens (tertiary/aromatic N) is 5. The van der Waals surface area contributed by atoms with Crippen molar-refractivity contribution in [1.29, 1.82) is 0 Å². The van der Waals surface area contributed by atoms with Gasteiger partial charge in [0.2, 0.25) is 5.91 Å². The highest BCUT2D eigenvalue weighted by Crippen LogP contribution is 2.24. The van der Waals surface area contributed by atoms with Crippen LogP contribution in [0.25, 0.3) is 11.0 Å². The number of nitro benzene ring substituents is 1. The molecule has 0 aliphatic heterocycles. The summed E-state index contributed by atoms with van der Waals surface area (Å²) in [6, 6.07) is 5.98. The zero-order chi connectivity index (χ0) is 23.1. The Morgan fingerprint density at radius 2 is 2.00 bits per heavy atom. The number of aromatic nitrogens is 4. The smallest absolute Gasteiger partial charge is 0.269 e. The first-order valence-electron chi connectivity index (χ1n) is 10.5. The molecular weight excluding hydrogens is 430 g/mol. The number of amides is 1.